The van der Waals surface area contributed by atoms with Gasteiger partial charge in [0.1, 0.15) is 11.8 Å². The van der Waals surface area contributed by atoms with Crippen molar-refractivity contribution in [2.75, 3.05) is 12.1 Å². The molecule has 0 bridgehead atoms. The summed E-state index contributed by atoms with van der Waals surface area (Å²) in [4.78, 5) is 39.3. The zero-order valence-electron chi connectivity index (χ0n) is 17.0. The van der Waals surface area contributed by atoms with Gasteiger partial charge in [0.15, 0.2) is 11.5 Å². The predicted octanol–water partition coefficient (Wildman–Crippen LogP) is 3.91. The molecule has 0 aliphatic carbocycles. The van der Waals surface area contributed by atoms with Gasteiger partial charge in [-0.2, -0.15) is 0 Å². The maximum absolute atomic E-state index is 12.8. The van der Waals surface area contributed by atoms with Crippen LogP contribution in [0, 0.1) is 10.1 Å². The number of para-hydroxylation sites is 1. The molecule has 166 valence electrons. The van der Waals surface area contributed by atoms with Gasteiger partial charge in [0.2, 0.25) is 5.88 Å². The summed E-state index contributed by atoms with van der Waals surface area (Å²) >= 11 is 6.36. The number of amides is 2. The van der Waals surface area contributed by atoms with Crippen LogP contribution in [-0.4, -0.2) is 28.8 Å². The highest BCUT2D eigenvalue weighted by atomic mass is 35.5. The van der Waals surface area contributed by atoms with Crippen LogP contribution in [0.4, 0.5) is 11.4 Å². The summed E-state index contributed by atoms with van der Waals surface area (Å²) in [5, 5.41) is 12.0. The second-order valence-electron chi connectivity index (χ2n) is 6.72. The summed E-state index contributed by atoms with van der Waals surface area (Å²) in [5.41, 5.74) is 3.20. The summed E-state index contributed by atoms with van der Waals surface area (Å²) in [6, 6.07) is 14.3. The number of pyridine rings is 1. The van der Waals surface area contributed by atoms with Crippen LogP contribution in [0.1, 0.15) is 5.56 Å². The average molecular weight is 467 g/mol. The van der Waals surface area contributed by atoms with E-state index >= 15 is 0 Å². The van der Waals surface area contributed by atoms with E-state index in [2.05, 4.69) is 10.4 Å². The zero-order chi connectivity index (χ0) is 23.5. The van der Waals surface area contributed by atoms with Crippen molar-refractivity contribution in [1.29, 1.82) is 0 Å². The lowest BCUT2D eigenvalue weighted by molar-refractivity contribution is -0.385. The SMILES string of the molecule is COc1cc(C=C2C(=O)NN(c3ccccc3)C2=O)cc(Cl)c1Oc1ccc([N+](=O)[O-])cn1. The maximum atomic E-state index is 12.8. The van der Waals surface area contributed by atoms with Gasteiger partial charge >= 0.3 is 0 Å². The number of hydrogen-bond donors (Lipinski definition) is 1. The summed E-state index contributed by atoms with van der Waals surface area (Å²) < 4.78 is 11.0. The number of nitro groups is 1. The largest absolute Gasteiger partial charge is 0.493 e. The number of rotatable bonds is 6. The van der Waals surface area contributed by atoms with E-state index in [9.17, 15) is 19.7 Å². The Balaban J connectivity index is 1.62. The quantitative estimate of drug-likeness (QED) is 0.253. The predicted molar refractivity (Wildman–Crippen MR) is 119 cm³/mol. The molecule has 1 aliphatic rings. The minimum atomic E-state index is -0.577. The Hall–Kier alpha value is -4.44. The molecule has 11 heteroatoms. The van der Waals surface area contributed by atoms with E-state index in [-0.39, 0.29) is 33.7 Å². The van der Waals surface area contributed by atoms with Crippen LogP contribution < -0.4 is 19.9 Å². The number of hydrazine groups is 1. The van der Waals surface area contributed by atoms with Gasteiger partial charge in [-0.05, 0) is 35.9 Å². The van der Waals surface area contributed by atoms with Crippen LogP contribution in [0.15, 0.2) is 66.4 Å². The highest BCUT2D eigenvalue weighted by molar-refractivity contribution is 6.33. The van der Waals surface area contributed by atoms with Gasteiger partial charge in [-0.3, -0.25) is 25.1 Å². The van der Waals surface area contributed by atoms with Crippen LogP contribution in [0.5, 0.6) is 17.4 Å². The number of carbonyl (C=O) groups is 2. The molecule has 0 spiro atoms. The fourth-order valence-electron chi connectivity index (χ4n) is 3.05. The van der Waals surface area contributed by atoms with Crippen LogP contribution in [0.3, 0.4) is 0 Å². The molecular formula is C22H15ClN4O6. The van der Waals surface area contributed by atoms with Crippen LogP contribution in [0.25, 0.3) is 6.08 Å². The molecule has 1 saturated heterocycles. The molecule has 1 fully saturated rings. The number of nitrogens with one attached hydrogen (secondary N) is 1. The van der Waals surface area contributed by atoms with E-state index in [0.29, 0.717) is 11.3 Å². The third-order valence-electron chi connectivity index (χ3n) is 4.61. The number of hydrogen-bond acceptors (Lipinski definition) is 7. The number of ether oxygens (including phenoxy) is 2. The first-order valence-electron chi connectivity index (χ1n) is 9.45. The van der Waals surface area contributed by atoms with Crippen molar-refractivity contribution in [3.05, 3.63) is 87.1 Å². The van der Waals surface area contributed by atoms with E-state index < -0.39 is 16.7 Å². The summed E-state index contributed by atoms with van der Waals surface area (Å²) in [6.07, 6.45) is 2.44. The molecule has 1 N–H and O–H groups in total. The number of halogens is 1. The van der Waals surface area contributed by atoms with Crippen molar-refractivity contribution >= 4 is 40.9 Å². The van der Waals surface area contributed by atoms with E-state index in [1.807, 2.05) is 0 Å². The fourth-order valence-corrected chi connectivity index (χ4v) is 3.31. The Labute approximate surface area is 192 Å². The molecule has 0 unspecified atom stereocenters. The molecule has 10 nitrogen and oxygen atoms in total. The number of aromatic nitrogens is 1. The molecule has 0 atom stereocenters. The van der Waals surface area contributed by atoms with Gasteiger partial charge < -0.3 is 9.47 Å². The van der Waals surface area contributed by atoms with Crippen LogP contribution >= 0.6 is 11.6 Å². The molecule has 2 aromatic carbocycles. The van der Waals surface area contributed by atoms with Gasteiger partial charge in [-0.15, -0.1) is 0 Å². The van der Waals surface area contributed by atoms with Crippen molar-refractivity contribution in [1.82, 2.24) is 10.4 Å². The monoisotopic (exact) mass is 466 g/mol. The van der Waals surface area contributed by atoms with Gasteiger partial charge in [-0.25, -0.2) is 9.99 Å². The van der Waals surface area contributed by atoms with Gasteiger partial charge in [-0.1, -0.05) is 29.8 Å². The van der Waals surface area contributed by atoms with Gasteiger partial charge in [0.25, 0.3) is 17.5 Å². The van der Waals surface area contributed by atoms with Gasteiger partial charge in [0, 0.05) is 12.1 Å². The average Bonchev–Trinajstić information content (AvgIpc) is 3.09. The highest BCUT2D eigenvalue weighted by Gasteiger charge is 2.34. The second-order valence-corrected chi connectivity index (χ2v) is 7.13. The summed E-state index contributed by atoms with van der Waals surface area (Å²) in [7, 11) is 1.39. The molecule has 1 aliphatic heterocycles. The van der Waals surface area contributed by atoms with Crippen LogP contribution in [0.2, 0.25) is 5.02 Å². The Morgan fingerprint density at radius 2 is 1.91 bits per heavy atom. The Bertz CT molecular complexity index is 1280. The first-order valence-corrected chi connectivity index (χ1v) is 9.83. The third-order valence-corrected chi connectivity index (χ3v) is 4.89. The topological polar surface area (TPSA) is 124 Å². The van der Waals surface area contributed by atoms with Gasteiger partial charge in [0.05, 0.1) is 22.7 Å². The molecule has 4 rings (SSSR count). The van der Waals surface area contributed by atoms with E-state index in [1.54, 1.807) is 30.3 Å². The zero-order valence-corrected chi connectivity index (χ0v) is 17.8. The van der Waals surface area contributed by atoms with Crippen molar-refractivity contribution in [3.63, 3.8) is 0 Å². The minimum Gasteiger partial charge on any atom is -0.493 e. The Kier molecular flexibility index (Phi) is 5.92. The van der Waals surface area contributed by atoms with E-state index in [1.165, 1.54) is 37.5 Å². The van der Waals surface area contributed by atoms with Crippen molar-refractivity contribution in [3.8, 4) is 17.4 Å². The van der Waals surface area contributed by atoms with E-state index in [0.717, 1.165) is 11.2 Å². The highest BCUT2D eigenvalue weighted by Crippen LogP contribution is 2.39. The van der Waals surface area contributed by atoms with E-state index in [4.69, 9.17) is 21.1 Å². The van der Waals surface area contributed by atoms with Crippen LogP contribution in [-0.2, 0) is 9.59 Å². The smallest absolute Gasteiger partial charge is 0.287 e. The Morgan fingerprint density at radius 3 is 2.55 bits per heavy atom. The first kappa shape index (κ1) is 21.8. The number of carbonyl (C=O) groups excluding carboxylic acids is 2. The number of nitrogens with zero attached hydrogens (tertiary/aromatic N) is 3. The van der Waals surface area contributed by atoms with Crippen molar-refractivity contribution in [2.45, 2.75) is 0 Å². The lowest BCUT2D eigenvalue weighted by Crippen LogP contribution is -2.35. The molecule has 1 aromatic heterocycles. The minimum absolute atomic E-state index is 0.0655. The van der Waals surface area contributed by atoms with Crippen molar-refractivity contribution in [2.24, 2.45) is 0 Å². The normalized spacial score (nSPS) is 14.4. The summed E-state index contributed by atoms with van der Waals surface area (Å²) in [5.74, 6) is -0.683. The molecule has 3 aromatic rings. The fraction of sp³-hybridized carbons (Fsp3) is 0.0455. The maximum Gasteiger partial charge on any atom is 0.287 e. The molecular weight excluding hydrogens is 452 g/mol. The molecule has 2 amide bonds. The molecule has 2 heterocycles. The number of benzene rings is 2. The standard InChI is InChI=1S/C22H15ClN4O6/c1-32-18-11-13(9-16-21(28)25-26(22(16)29)14-5-3-2-4-6-14)10-17(23)20(18)33-19-8-7-15(12-24-19)27(30)31/h2-12H,1H3,(H,25,28). The third kappa shape index (κ3) is 4.46. The molecule has 0 radical (unpaired) electrons. The Morgan fingerprint density at radius 1 is 1.15 bits per heavy atom. The van der Waals surface area contributed by atoms with Crippen molar-refractivity contribution < 1.29 is 24.0 Å². The lowest BCUT2D eigenvalue weighted by Gasteiger charge is -2.14. The molecule has 33 heavy (non-hydrogen) atoms. The first-order chi connectivity index (χ1) is 15.9. The molecule has 0 saturated carbocycles. The number of anilines is 1. The number of methoxy groups -OCH3 is 1. The second kappa shape index (κ2) is 8.97. The summed E-state index contributed by atoms with van der Waals surface area (Å²) in [6.45, 7) is 0. The lowest BCUT2D eigenvalue weighted by atomic mass is 10.1.